The zero-order valence-corrected chi connectivity index (χ0v) is 19.2. The number of nitrogens with zero attached hydrogens (tertiary/aromatic N) is 1. The van der Waals surface area contributed by atoms with Gasteiger partial charge in [0, 0.05) is 31.4 Å². The van der Waals surface area contributed by atoms with Crippen LogP contribution in [-0.2, 0) is 16.0 Å². The Kier molecular flexibility index (Phi) is 7.15. The molecule has 9 nitrogen and oxygen atoms in total. The van der Waals surface area contributed by atoms with Crippen LogP contribution in [0, 0.1) is 17.3 Å². The number of amides is 3. The smallest absolute Gasteiger partial charge is 0.319 e. The number of aliphatic hydroxyl groups is 1. The van der Waals surface area contributed by atoms with Crippen LogP contribution in [0.3, 0.4) is 0 Å². The molecule has 1 saturated heterocycles. The predicted octanol–water partition coefficient (Wildman–Crippen LogP) is 1.60. The normalized spacial score (nSPS) is 18.6. The summed E-state index contributed by atoms with van der Waals surface area (Å²) in [7, 11) is 1.60. The van der Waals surface area contributed by atoms with Gasteiger partial charge in [-0.1, -0.05) is 42.2 Å². The molecule has 4 rings (SSSR count). The van der Waals surface area contributed by atoms with E-state index in [2.05, 4.69) is 22.5 Å². The van der Waals surface area contributed by atoms with E-state index in [0.717, 1.165) is 5.56 Å². The first kappa shape index (κ1) is 24.0. The maximum atomic E-state index is 13.0. The molecule has 3 amide bonds. The fourth-order valence-corrected chi connectivity index (χ4v) is 3.57. The first-order valence-electron chi connectivity index (χ1n) is 11.0. The van der Waals surface area contributed by atoms with E-state index in [0.29, 0.717) is 29.0 Å². The van der Waals surface area contributed by atoms with Crippen LogP contribution in [0.25, 0.3) is 0 Å². The largest absolute Gasteiger partial charge is 0.489 e. The third kappa shape index (κ3) is 5.87. The van der Waals surface area contributed by atoms with E-state index < -0.39 is 17.7 Å². The molecule has 0 saturated carbocycles. The van der Waals surface area contributed by atoms with Crippen molar-refractivity contribution in [2.24, 2.45) is 0 Å². The van der Waals surface area contributed by atoms with Crippen LogP contribution in [0.2, 0.25) is 0 Å². The van der Waals surface area contributed by atoms with Gasteiger partial charge in [-0.3, -0.25) is 4.79 Å². The number of allylic oxidation sites excluding steroid dienone is 1. The van der Waals surface area contributed by atoms with Crippen LogP contribution < -0.4 is 20.3 Å². The van der Waals surface area contributed by atoms with E-state index in [1.165, 1.54) is 17.3 Å². The Balaban J connectivity index is 1.40. The molecule has 0 unspecified atom stereocenters. The minimum Gasteiger partial charge on any atom is -0.489 e. The summed E-state index contributed by atoms with van der Waals surface area (Å²) in [6, 6.07) is 13.2. The first-order chi connectivity index (χ1) is 16.9. The summed E-state index contributed by atoms with van der Waals surface area (Å²) in [6.45, 7) is 0.298. The summed E-state index contributed by atoms with van der Waals surface area (Å²) in [5.41, 5.74) is 1.60. The van der Waals surface area contributed by atoms with Crippen molar-refractivity contribution in [3.8, 4) is 17.6 Å². The molecule has 4 N–H and O–H groups in total. The molecule has 2 aliphatic rings. The predicted molar refractivity (Wildman–Crippen MR) is 130 cm³/mol. The number of likely N-dealkylation sites (N-methyl/N-ethyl adjacent to an activating group) is 1. The number of benzene rings is 2. The Bertz CT molecular complexity index is 1210. The molecule has 9 heteroatoms. The van der Waals surface area contributed by atoms with Crippen molar-refractivity contribution in [2.45, 2.75) is 18.1 Å². The lowest BCUT2D eigenvalue weighted by Gasteiger charge is -2.30. The van der Waals surface area contributed by atoms with Crippen molar-refractivity contribution in [2.75, 3.05) is 31.8 Å². The van der Waals surface area contributed by atoms with Crippen LogP contribution >= 0.6 is 0 Å². The molecular formula is C26H26N4O5. The van der Waals surface area contributed by atoms with Crippen molar-refractivity contribution in [1.82, 2.24) is 10.6 Å². The Hall–Kier alpha value is -4.13. The van der Waals surface area contributed by atoms with Gasteiger partial charge in [0.25, 0.3) is 5.91 Å². The molecule has 0 radical (unpaired) electrons. The number of hydrogen-bond acceptors (Lipinski definition) is 6. The molecule has 2 aliphatic heterocycles. The van der Waals surface area contributed by atoms with Gasteiger partial charge in [0.2, 0.25) is 0 Å². The number of fused-ring (bicyclic) bond motifs is 1. The van der Waals surface area contributed by atoms with Gasteiger partial charge < -0.3 is 35.5 Å². The van der Waals surface area contributed by atoms with E-state index in [9.17, 15) is 14.7 Å². The molecule has 0 aliphatic carbocycles. The lowest BCUT2D eigenvalue weighted by Crippen LogP contribution is -2.51. The van der Waals surface area contributed by atoms with Gasteiger partial charge in [0.1, 0.15) is 18.4 Å². The van der Waals surface area contributed by atoms with E-state index in [1.807, 2.05) is 30.3 Å². The van der Waals surface area contributed by atoms with Gasteiger partial charge in [-0.15, -0.1) is 0 Å². The van der Waals surface area contributed by atoms with Gasteiger partial charge in [0.05, 0.1) is 18.9 Å². The molecule has 0 bridgehead atoms. The number of urea groups is 1. The fraction of sp³-hybridized carbons (Fsp3) is 0.269. The van der Waals surface area contributed by atoms with Crippen molar-refractivity contribution in [1.29, 1.82) is 5.41 Å². The maximum Gasteiger partial charge on any atom is 0.319 e. The molecule has 1 atom stereocenters. The van der Waals surface area contributed by atoms with Gasteiger partial charge in [0.15, 0.2) is 5.60 Å². The monoisotopic (exact) mass is 474 g/mol. The number of anilines is 1. The molecule has 2 heterocycles. The molecule has 0 spiro atoms. The quantitative estimate of drug-likeness (QED) is 0.387. The average molecular weight is 475 g/mol. The summed E-state index contributed by atoms with van der Waals surface area (Å²) >= 11 is 0. The zero-order chi connectivity index (χ0) is 24.8. The van der Waals surface area contributed by atoms with Crippen LogP contribution in [0.5, 0.6) is 5.75 Å². The fourth-order valence-electron chi connectivity index (χ4n) is 3.57. The highest BCUT2D eigenvalue weighted by Gasteiger charge is 2.34. The number of carbonyl (C=O) groups is 2. The lowest BCUT2D eigenvalue weighted by atomic mass is 10.0. The van der Waals surface area contributed by atoms with Crippen LogP contribution in [0.1, 0.15) is 11.1 Å². The molecule has 180 valence electrons. The first-order valence-corrected chi connectivity index (χ1v) is 11.0. The van der Waals surface area contributed by atoms with Crippen molar-refractivity contribution in [3.63, 3.8) is 0 Å². The van der Waals surface area contributed by atoms with Gasteiger partial charge in [-0.05, 0) is 29.3 Å². The van der Waals surface area contributed by atoms with E-state index in [1.54, 1.807) is 25.2 Å². The number of carbonyl (C=O) groups excluding carboxylic acids is 2. The standard InChI is InChI=1S/C26H26N4O5/c1-30-22-12-19(9-10-26(33)16-34-17-26)7-8-23(22)35-15-21(24(30)31)29-25(32)28-14-20(13-27)11-18-5-3-2-4-6-18/h2-8,12-14,21,27,33H,11,15-17H2,1H3,(H2,28,29,32)/b20-14-,27-13?/t21-/m0/s1. The van der Waals surface area contributed by atoms with Crippen LogP contribution in [0.15, 0.2) is 60.3 Å². The Morgan fingerprint density at radius 3 is 2.74 bits per heavy atom. The minimum atomic E-state index is -1.14. The van der Waals surface area contributed by atoms with E-state index in [4.69, 9.17) is 14.9 Å². The molecule has 2 aromatic carbocycles. The topological polar surface area (TPSA) is 124 Å². The van der Waals surface area contributed by atoms with Gasteiger partial charge in [-0.25, -0.2) is 4.79 Å². The van der Waals surface area contributed by atoms with Gasteiger partial charge in [-0.2, -0.15) is 0 Å². The molecule has 0 aromatic heterocycles. The third-order valence-corrected chi connectivity index (χ3v) is 5.61. The SMILES string of the molecule is CN1C(=O)[C@@H](NC(=O)N/C=C(\C=N)Cc2ccccc2)COc2ccc(C#CC3(O)COC3)cc21. The molecule has 2 aromatic rings. The third-order valence-electron chi connectivity index (χ3n) is 5.61. The van der Waals surface area contributed by atoms with E-state index in [-0.39, 0.29) is 25.7 Å². The Morgan fingerprint density at radius 1 is 1.29 bits per heavy atom. The lowest BCUT2D eigenvalue weighted by molar-refractivity contribution is -0.140. The molecule has 35 heavy (non-hydrogen) atoms. The Morgan fingerprint density at radius 2 is 2.06 bits per heavy atom. The van der Waals surface area contributed by atoms with Crippen molar-refractivity contribution in [3.05, 3.63) is 71.4 Å². The molecular weight excluding hydrogens is 448 g/mol. The minimum absolute atomic E-state index is 0.0448. The summed E-state index contributed by atoms with van der Waals surface area (Å²) in [4.78, 5) is 26.9. The number of nitrogens with one attached hydrogen (secondary N) is 3. The highest BCUT2D eigenvalue weighted by molar-refractivity contribution is 6.00. The Labute approximate surface area is 203 Å². The zero-order valence-electron chi connectivity index (χ0n) is 19.2. The number of ether oxygens (including phenoxy) is 2. The van der Waals surface area contributed by atoms with Crippen LogP contribution in [0.4, 0.5) is 10.5 Å². The second-order valence-electron chi connectivity index (χ2n) is 8.36. The summed E-state index contributed by atoms with van der Waals surface area (Å²) < 4.78 is 10.8. The highest BCUT2D eigenvalue weighted by Crippen LogP contribution is 2.31. The summed E-state index contributed by atoms with van der Waals surface area (Å²) in [5, 5.41) is 22.9. The second kappa shape index (κ2) is 10.4. The second-order valence-corrected chi connectivity index (χ2v) is 8.36. The highest BCUT2D eigenvalue weighted by atomic mass is 16.5. The summed E-state index contributed by atoms with van der Waals surface area (Å²) in [6.07, 6.45) is 3.11. The molecule has 1 fully saturated rings. The van der Waals surface area contributed by atoms with Crippen LogP contribution in [-0.4, -0.2) is 61.8 Å². The van der Waals surface area contributed by atoms with Crippen molar-refractivity contribution >= 4 is 23.8 Å². The van der Waals surface area contributed by atoms with E-state index >= 15 is 0 Å². The maximum absolute atomic E-state index is 13.0. The van der Waals surface area contributed by atoms with Crippen molar-refractivity contribution < 1.29 is 24.2 Å². The number of rotatable bonds is 5. The number of hydrogen-bond donors (Lipinski definition) is 4. The van der Waals surface area contributed by atoms with Gasteiger partial charge >= 0.3 is 6.03 Å². The summed E-state index contributed by atoms with van der Waals surface area (Å²) in [5.74, 6) is 5.83. The average Bonchev–Trinajstić information content (AvgIpc) is 2.96.